The van der Waals surface area contributed by atoms with Crippen LogP contribution in [0, 0.1) is 29.3 Å². The van der Waals surface area contributed by atoms with Crippen molar-refractivity contribution in [2.45, 2.75) is 31.3 Å². The Balaban J connectivity index is 1.38. The zero-order valence-corrected chi connectivity index (χ0v) is 15.3. The number of carbonyl (C=O) groups is 2. The Labute approximate surface area is 160 Å². The van der Waals surface area contributed by atoms with Crippen LogP contribution < -0.4 is 16.2 Å². The molecule has 0 aromatic heterocycles. The van der Waals surface area contributed by atoms with E-state index >= 15 is 0 Å². The summed E-state index contributed by atoms with van der Waals surface area (Å²) in [7, 11) is 0. The Hall–Kier alpha value is -1.97. The minimum Gasteiger partial charge on any atom is -0.341 e. The molecule has 3 unspecified atom stereocenters. The number of halogens is 3. The van der Waals surface area contributed by atoms with Crippen molar-refractivity contribution >= 4 is 11.7 Å². The maximum absolute atomic E-state index is 13.9. The predicted octanol–water partition coefficient (Wildman–Crippen LogP) is 0.980. The molecule has 3 N–H and O–H groups in total. The van der Waals surface area contributed by atoms with Crippen molar-refractivity contribution in [2.24, 2.45) is 11.8 Å². The van der Waals surface area contributed by atoms with Crippen LogP contribution in [-0.4, -0.2) is 54.9 Å². The highest BCUT2D eigenvalue weighted by Crippen LogP contribution is 2.27. The molecular formula is C19H23F3N4O2. The van der Waals surface area contributed by atoms with Gasteiger partial charge in [0.05, 0.1) is 5.56 Å². The molecule has 0 spiro atoms. The van der Waals surface area contributed by atoms with E-state index in [0.29, 0.717) is 38.1 Å². The fourth-order valence-electron chi connectivity index (χ4n) is 4.50. The minimum atomic E-state index is -1.18. The van der Waals surface area contributed by atoms with Crippen LogP contribution in [0.15, 0.2) is 12.1 Å². The van der Waals surface area contributed by atoms with Crippen LogP contribution in [0.25, 0.3) is 0 Å². The summed E-state index contributed by atoms with van der Waals surface area (Å²) in [6, 6.07) is 0.973. The second kappa shape index (κ2) is 7.81. The summed E-state index contributed by atoms with van der Waals surface area (Å²) in [6.45, 7) is 2.38. The summed E-state index contributed by atoms with van der Waals surface area (Å²) in [5, 5.41) is 3.31. The van der Waals surface area contributed by atoms with Gasteiger partial charge in [0.25, 0.3) is 0 Å². The lowest BCUT2D eigenvalue weighted by Gasteiger charge is -2.35. The van der Waals surface area contributed by atoms with Gasteiger partial charge >= 0.3 is 0 Å². The molecule has 3 heterocycles. The van der Waals surface area contributed by atoms with E-state index in [1.165, 1.54) is 0 Å². The number of fused-ring (bicyclic) bond motifs is 1. The summed E-state index contributed by atoms with van der Waals surface area (Å²) in [5.74, 6) is -4.52. The maximum atomic E-state index is 13.9. The summed E-state index contributed by atoms with van der Waals surface area (Å²) in [5.41, 5.74) is 5.59. The lowest BCUT2D eigenvalue weighted by molar-refractivity contribution is -0.135. The first-order chi connectivity index (χ1) is 13.5. The molecule has 3 atom stereocenters. The van der Waals surface area contributed by atoms with Crippen molar-refractivity contribution in [3.8, 4) is 0 Å². The fraction of sp³-hybridized carbons (Fsp3) is 0.579. The lowest BCUT2D eigenvalue weighted by Crippen LogP contribution is -2.52. The molecule has 1 amide bonds. The highest BCUT2D eigenvalue weighted by atomic mass is 19.1. The molecule has 3 aliphatic rings. The van der Waals surface area contributed by atoms with Crippen LogP contribution in [0.2, 0.25) is 0 Å². The number of carbonyl (C=O) groups excluding carboxylic acids is 2. The molecule has 0 saturated carbocycles. The van der Waals surface area contributed by atoms with Gasteiger partial charge < -0.3 is 10.2 Å². The average molecular weight is 396 g/mol. The first-order valence-electron chi connectivity index (χ1n) is 9.65. The van der Waals surface area contributed by atoms with Gasteiger partial charge in [0.1, 0.15) is 23.5 Å². The third-order valence-corrected chi connectivity index (χ3v) is 6.08. The first kappa shape index (κ1) is 19.4. The van der Waals surface area contributed by atoms with Crippen molar-refractivity contribution in [1.29, 1.82) is 0 Å². The van der Waals surface area contributed by atoms with Gasteiger partial charge in [-0.15, -0.1) is 0 Å². The number of hydrogen-bond acceptors (Lipinski definition) is 5. The second-order valence-corrected chi connectivity index (χ2v) is 7.74. The SMILES string of the molecule is O=C(c1c(F)cc(F)cc1F)C1CCN(C(=O)C2NNC3CCNCC32)CC1. The van der Waals surface area contributed by atoms with Gasteiger partial charge in [-0.05, 0) is 25.8 Å². The Bertz CT molecular complexity index is 759. The molecule has 28 heavy (non-hydrogen) atoms. The molecular weight excluding hydrogens is 373 g/mol. The molecule has 1 aromatic carbocycles. The van der Waals surface area contributed by atoms with Gasteiger partial charge in [-0.3, -0.25) is 15.0 Å². The van der Waals surface area contributed by atoms with Crippen molar-refractivity contribution in [2.75, 3.05) is 26.2 Å². The van der Waals surface area contributed by atoms with Gasteiger partial charge in [-0.25, -0.2) is 18.6 Å². The predicted molar refractivity (Wildman–Crippen MR) is 94.8 cm³/mol. The number of ketones is 1. The molecule has 0 radical (unpaired) electrons. The Kier molecular flexibility index (Phi) is 5.39. The van der Waals surface area contributed by atoms with Crippen molar-refractivity contribution in [1.82, 2.24) is 21.1 Å². The van der Waals surface area contributed by atoms with Gasteiger partial charge in [0.2, 0.25) is 5.91 Å². The van der Waals surface area contributed by atoms with Crippen LogP contribution in [0.5, 0.6) is 0 Å². The largest absolute Gasteiger partial charge is 0.341 e. The number of likely N-dealkylation sites (tertiary alicyclic amines) is 1. The van der Waals surface area contributed by atoms with E-state index in [1.807, 2.05) is 0 Å². The van der Waals surface area contributed by atoms with Crippen LogP contribution in [0.4, 0.5) is 13.2 Å². The average Bonchev–Trinajstić information content (AvgIpc) is 3.11. The van der Waals surface area contributed by atoms with Crippen molar-refractivity contribution in [3.05, 3.63) is 35.1 Å². The van der Waals surface area contributed by atoms with Gasteiger partial charge in [-0.1, -0.05) is 0 Å². The smallest absolute Gasteiger partial charge is 0.241 e. The van der Waals surface area contributed by atoms with E-state index in [-0.39, 0.29) is 23.9 Å². The number of piperidine rings is 2. The number of nitrogens with zero attached hydrogens (tertiary/aromatic N) is 1. The normalized spacial score (nSPS) is 28.2. The zero-order valence-electron chi connectivity index (χ0n) is 15.3. The number of nitrogens with one attached hydrogen (secondary N) is 3. The summed E-state index contributed by atoms with van der Waals surface area (Å²) in [6.07, 6.45) is 1.60. The third kappa shape index (κ3) is 3.54. The van der Waals surface area contributed by atoms with Crippen LogP contribution in [0.3, 0.4) is 0 Å². The number of amides is 1. The van der Waals surface area contributed by atoms with Gasteiger partial charge in [0.15, 0.2) is 5.78 Å². The zero-order chi connectivity index (χ0) is 19.8. The Morgan fingerprint density at radius 2 is 1.68 bits per heavy atom. The minimum absolute atomic E-state index is 0.0197. The van der Waals surface area contributed by atoms with Crippen LogP contribution >= 0.6 is 0 Å². The number of hydrazine groups is 1. The molecule has 1 aromatic rings. The Morgan fingerprint density at radius 3 is 2.36 bits per heavy atom. The molecule has 3 saturated heterocycles. The lowest BCUT2D eigenvalue weighted by atomic mass is 9.86. The molecule has 4 rings (SSSR count). The van der Waals surface area contributed by atoms with E-state index in [2.05, 4.69) is 16.2 Å². The second-order valence-electron chi connectivity index (χ2n) is 7.74. The molecule has 152 valence electrons. The topological polar surface area (TPSA) is 73.5 Å². The standard InChI is InChI=1S/C19H23F3N4O2/c20-11-7-13(21)16(14(22)8-11)18(27)10-2-5-26(6-3-10)19(28)17-12-9-23-4-1-15(12)24-25-17/h7-8,10,12,15,17,23-25H,1-6,9H2. The number of rotatable bonds is 3. The van der Waals surface area contributed by atoms with Crippen molar-refractivity contribution < 1.29 is 22.8 Å². The maximum Gasteiger partial charge on any atom is 0.241 e. The first-order valence-corrected chi connectivity index (χ1v) is 9.65. The van der Waals surface area contributed by atoms with E-state index in [1.54, 1.807) is 4.90 Å². The quantitative estimate of drug-likeness (QED) is 0.665. The molecule has 0 bridgehead atoms. The van der Waals surface area contributed by atoms with E-state index in [0.717, 1.165) is 19.5 Å². The highest BCUT2D eigenvalue weighted by molar-refractivity contribution is 5.98. The number of benzene rings is 1. The number of Topliss-reactive ketones (excluding diaryl/α,β-unsaturated/α-hetero) is 1. The molecule has 0 aliphatic carbocycles. The summed E-state index contributed by atoms with van der Waals surface area (Å²) in [4.78, 5) is 27.1. The van der Waals surface area contributed by atoms with Crippen LogP contribution in [0.1, 0.15) is 29.6 Å². The van der Waals surface area contributed by atoms with Crippen LogP contribution in [-0.2, 0) is 4.79 Å². The fourth-order valence-corrected chi connectivity index (χ4v) is 4.50. The molecule has 3 aliphatic heterocycles. The van der Waals surface area contributed by atoms with Gasteiger partial charge in [-0.2, -0.15) is 0 Å². The monoisotopic (exact) mass is 396 g/mol. The summed E-state index contributed by atoms with van der Waals surface area (Å²) < 4.78 is 40.9. The highest BCUT2D eigenvalue weighted by Gasteiger charge is 2.43. The van der Waals surface area contributed by atoms with E-state index < -0.39 is 34.7 Å². The molecule has 9 heteroatoms. The number of hydrogen-bond donors (Lipinski definition) is 3. The van der Waals surface area contributed by atoms with Gasteiger partial charge in [0, 0.05) is 49.6 Å². The van der Waals surface area contributed by atoms with E-state index in [4.69, 9.17) is 0 Å². The summed E-state index contributed by atoms with van der Waals surface area (Å²) >= 11 is 0. The van der Waals surface area contributed by atoms with E-state index in [9.17, 15) is 22.8 Å². The Morgan fingerprint density at radius 1 is 1.00 bits per heavy atom. The molecule has 3 fully saturated rings. The third-order valence-electron chi connectivity index (χ3n) is 6.08. The van der Waals surface area contributed by atoms with Crippen molar-refractivity contribution in [3.63, 3.8) is 0 Å². The molecule has 6 nitrogen and oxygen atoms in total.